The van der Waals surface area contributed by atoms with Crippen molar-refractivity contribution in [3.8, 4) is 0 Å². The molecule has 0 aromatic heterocycles. The molecule has 212 valence electrons. The van der Waals surface area contributed by atoms with Gasteiger partial charge in [-0.2, -0.15) is 26.3 Å². The Balaban J connectivity index is 1.91. The normalized spacial score (nSPS) is 17.5. The zero-order chi connectivity index (χ0) is 29.0. The summed E-state index contributed by atoms with van der Waals surface area (Å²) in [5.74, 6) is -7.65. The van der Waals surface area contributed by atoms with Gasteiger partial charge in [0.2, 0.25) is 17.7 Å². The van der Waals surface area contributed by atoms with Gasteiger partial charge in [0, 0.05) is 30.4 Å². The smallest absolute Gasteiger partial charge is 0.369 e. The predicted octanol–water partition coefficient (Wildman–Crippen LogP) is 4.80. The number of amides is 3. The van der Waals surface area contributed by atoms with Gasteiger partial charge in [-0.15, -0.1) is 0 Å². The Morgan fingerprint density at radius 2 is 1.51 bits per heavy atom. The van der Waals surface area contributed by atoms with Crippen LogP contribution in [0.2, 0.25) is 0 Å². The number of nitrogens with zero attached hydrogens (tertiary/aromatic N) is 1. The summed E-state index contributed by atoms with van der Waals surface area (Å²) in [6, 6.07) is 10.2. The topological polar surface area (TPSA) is 105 Å². The van der Waals surface area contributed by atoms with Crippen LogP contribution in [0, 0.1) is 17.7 Å². The second-order valence-corrected chi connectivity index (χ2v) is 9.08. The van der Waals surface area contributed by atoms with Crippen molar-refractivity contribution < 1.29 is 45.1 Å². The second kappa shape index (κ2) is 11.9. The second-order valence-electron chi connectivity index (χ2n) is 9.08. The highest BCUT2D eigenvalue weighted by Crippen LogP contribution is 2.36. The molecule has 0 radical (unpaired) electrons. The predicted molar refractivity (Wildman–Crippen MR) is 127 cm³/mol. The Morgan fingerprint density at radius 3 is 2.08 bits per heavy atom. The van der Waals surface area contributed by atoms with E-state index in [0.717, 1.165) is 12.1 Å². The number of primary amides is 1. The Kier molecular flexibility index (Phi) is 9.07. The molecular weight excluding hydrogens is 537 g/mol. The third-order valence-electron chi connectivity index (χ3n) is 6.25. The maximum Gasteiger partial charge on any atom is 0.389 e. The van der Waals surface area contributed by atoms with Crippen LogP contribution in [0.3, 0.4) is 0 Å². The number of anilines is 3. The number of hydrogen-bond acceptors (Lipinski definition) is 4. The fourth-order valence-corrected chi connectivity index (χ4v) is 4.35. The molecule has 7 nitrogen and oxygen atoms in total. The van der Waals surface area contributed by atoms with Crippen molar-refractivity contribution in [1.82, 2.24) is 5.32 Å². The van der Waals surface area contributed by atoms with Crippen molar-refractivity contribution >= 4 is 34.8 Å². The van der Waals surface area contributed by atoms with Gasteiger partial charge < -0.3 is 21.3 Å². The SMILES string of the molecule is NC(=O)C(CCC(F)(F)F)C(CCC(F)(F)F)C(=O)N[C@H]1CN(c2ccc(F)cc2)c2ccccc2NC1=O. The number of rotatable bonds is 9. The number of nitrogens with two attached hydrogens (primary N) is 1. The molecule has 14 heteroatoms. The van der Waals surface area contributed by atoms with Crippen molar-refractivity contribution in [3.63, 3.8) is 0 Å². The van der Waals surface area contributed by atoms with E-state index in [1.807, 2.05) is 0 Å². The quantitative estimate of drug-likeness (QED) is 0.382. The lowest BCUT2D eigenvalue weighted by molar-refractivity contribution is -0.152. The monoisotopic (exact) mass is 562 g/mol. The zero-order valence-electron chi connectivity index (χ0n) is 20.3. The molecular formula is C25H25F7N4O3. The number of fused-ring (bicyclic) bond motifs is 1. The third-order valence-corrected chi connectivity index (χ3v) is 6.25. The molecule has 2 aromatic carbocycles. The van der Waals surface area contributed by atoms with Crippen molar-refractivity contribution in [2.24, 2.45) is 17.6 Å². The standard InChI is InChI=1S/C25H25F7N4O3/c26-14-5-7-15(8-6-14)36-13-19(23(39)34-18-3-1-2-4-20(18)36)35-22(38)17(10-12-25(30,31)32)16(21(33)37)9-11-24(27,28)29/h1-8,16-17,19H,9-13H2,(H2,33,37)(H,34,39)(H,35,38)/t16?,17?,19-/m0/s1. The summed E-state index contributed by atoms with van der Waals surface area (Å²) in [7, 11) is 0. The Hall–Kier alpha value is -3.84. The molecule has 0 aliphatic carbocycles. The van der Waals surface area contributed by atoms with Crippen LogP contribution >= 0.6 is 0 Å². The number of para-hydroxylation sites is 2. The molecule has 3 atom stereocenters. The van der Waals surface area contributed by atoms with E-state index in [9.17, 15) is 45.1 Å². The zero-order valence-corrected chi connectivity index (χ0v) is 20.3. The lowest BCUT2D eigenvalue weighted by atomic mass is 9.83. The van der Waals surface area contributed by atoms with Gasteiger partial charge in [-0.25, -0.2) is 4.39 Å². The maximum absolute atomic E-state index is 13.5. The molecule has 0 bridgehead atoms. The van der Waals surface area contributed by atoms with E-state index in [0.29, 0.717) is 17.1 Å². The molecule has 4 N–H and O–H groups in total. The maximum atomic E-state index is 13.5. The minimum absolute atomic E-state index is 0.268. The summed E-state index contributed by atoms with van der Waals surface area (Å²) in [4.78, 5) is 39.8. The molecule has 1 heterocycles. The highest BCUT2D eigenvalue weighted by Gasteiger charge is 2.41. The van der Waals surface area contributed by atoms with Gasteiger partial charge in [0.15, 0.2) is 0 Å². The van der Waals surface area contributed by atoms with Gasteiger partial charge in [0.05, 0.1) is 17.9 Å². The molecule has 1 aliphatic heterocycles. The van der Waals surface area contributed by atoms with E-state index in [4.69, 9.17) is 5.73 Å². The summed E-state index contributed by atoms with van der Waals surface area (Å²) < 4.78 is 91.0. The summed E-state index contributed by atoms with van der Waals surface area (Å²) >= 11 is 0. The molecule has 1 aliphatic rings. The van der Waals surface area contributed by atoms with Gasteiger partial charge in [0.25, 0.3) is 0 Å². The van der Waals surface area contributed by atoms with Crippen LogP contribution in [0.25, 0.3) is 0 Å². The van der Waals surface area contributed by atoms with Gasteiger partial charge in [-0.05, 0) is 49.2 Å². The average molecular weight is 562 g/mol. The first-order chi connectivity index (χ1) is 18.1. The first kappa shape index (κ1) is 29.7. The third kappa shape index (κ3) is 8.32. The van der Waals surface area contributed by atoms with Gasteiger partial charge >= 0.3 is 12.4 Å². The lowest BCUT2D eigenvalue weighted by Crippen LogP contribution is -2.52. The van der Waals surface area contributed by atoms with E-state index in [1.165, 1.54) is 12.1 Å². The van der Waals surface area contributed by atoms with Crippen LogP contribution < -0.4 is 21.3 Å². The van der Waals surface area contributed by atoms with E-state index >= 15 is 0 Å². The number of nitrogens with one attached hydrogen (secondary N) is 2. The van der Waals surface area contributed by atoms with Crippen molar-refractivity contribution in [3.05, 3.63) is 54.3 Å². The molecule has 39 heavy (non-hydrogen) atoms. The fourth-order valence-electron chi connectivity index (χ4n) is 4.35. The van der Waals surface area contributed by atoms with Crippen LogP contribution in [0.15, 0.2) is 48.5 Å². The van der Waals surface area contributed by atoms with E-state index in [-0.39, 0.29) is 6.54 Å². The molecule has 0 fully saturated rings. The molecule has 0 spiro atoms. The first-order valence-corrected chi connectivity index (χ1v) is 11.8. The Morgan fingerprint density at radius 1 is 0.949 bits per heavy atom. The number of halogens is 7. The Labute approximate surface area is 218 Å². The largest absolute Gasteiger partial charge is 0.389 e. The lowest BCUT2D eigenvalue weighted by Gasteiger charge is -2.29. The molecule has 2 unspecified atom stereocenters. The highest BCUT2D eigenvalue weighted by molar-refractivity contribution is 6.02. The summed E-state index contributed by atoms with van der Waals surface area (Å²) in [5, 5.41) is 4.89. The number of hydrogen-bond donors (Lipinski definition) is 3. The van der Waals surface area contributed by atoms with Crippen LogP contribution in [0.5, 0.6) is 0 Å². The summed E-state index contributed by atoms with van der Waals surface area (Å²) in [5.41, 5.74) is 6.40. The van der Waals surface area contributed by atoms with Crippen LogP contribution in [0.4, 0.5) is 47.8 Å². The van der Waals surface area contributed by atoms with Crippen molar-refractivity contribution in [2.75, 3.05) is 16.8 Å². The van der Waals surface area contributed by atoms with Gasteiger partial charge in [0.1, 0.15) is 11.9 Å². The number of carbonyl (C=O) groups is 3. The van der Waals surface area contributed by atoms with Crippen LogP contribution in [-0.2, 0) is 14.4 Å². The van der Waals surface area contributed by atoms with Crippen LogP contribution in [0.1, 0.15) is 25.7 Å². The molecule has 3 rings (SSSR count). The minimum atomic E-state index is -4.77. The molecule has 3 amide bonds. The highest BCUT2D eigenvalue weighted by atomic mass is 19.4. The summed E-state index contributed by atoms with van der Waals surface area (Å²) in [6.45, 7) is -0.268. The van der Waals surface area contributed by atoms with E-state index in [1.54, 1.807) is 29.2 Å². The first-order valence-electron chi connectivity index (χ1n) is 11.8. The summed E-state index contributed by atoms with van der Waals surface area (Å²) in [6.07, 6.45) is -14.7. The van der Waals surface area contributed by atoms with Gasteiger partial charge in [-0.3, -0.25) is 14.4 Å². The fraction of sp³-hybridized carbons (Fsp3) is 0.400. The number of benzene rings is 2. The van der Waals surface area contributed by atoms with Crippen molar-refractivity contribution in [1.29, 1.82) is 0 Å². The molecule has 0 saturated carbocycles. The Bertz CT molecular complexity index is 1190. The van der Waals surface area contributed by atoms with E-state index < -0.39 is 79.5 Å². The van der Waals surface area contributed by atoms with Gasteiger partial charge in [-0.1, -0.05) is 12.1 Å². The molecule has 2 aromatic rings. The molecule has 0 saturated heterocycles. The number of carbonyl (C=O) groups excluding carboxylic acids is 3. The van der Waals surface area contributed by atoms with Crippen LogP contribution in [-0.4, -0.2) is 42.7 Å². The minimum Gasteiger partial charge on any atom is -0.369 e. The van der Waals surface area contributed by atoms with E-state index in [2.05, 4.69) is 10.6 Å². The number of alkyl halides is 6. The average Bonchev–Trinajstić information content (AvgIpc) is 2.96. The van der Waals surface area contributed by atoms with Crippen molar-refractivity contribution in [2.45, 2.75) is 44.1 Å².